The first kappa shape index (κ1) is 10.3. The molecule has 76 valence electrons. The molecule has 0 bridgehead atoms. The molecular formula is C9H18N2O2. The van der Waals surface area contributed by atoms with Gasteiger partial charge in [0.05, 0.1) is 13.1 Å². The standard InChI is InChI=1S/C9H18N2O2/c1-9(2,3)8-12-6(4-10)7(5-11)13-8/h8H,4-5,10-11H2,1-3H3. The monoisotopic (exact) mass is 186 g/mol. The first-order valence-electron chi connectivity index (χ1n) is 4.44. The van der Waals surface area contributed by atoms with E-state index in [1.807, 2.05) is 20.8 Å². The minimum atomic E-state index is -0.260. The summed E-state index contributed by atoms with van der Waals surface area (Å²) < 4.78 is 11.1. The van der Waals surface area contributed by atoms with E-state index in [1.54, 1.807) is 0 Å². The highest BCUT2D eigenvalue weighted by Gasteiger charge is 2.35. The summed E-state index contributed by atoms with van der Waals surface area (Å²) in [4.78, 5) is 0. The van der Waals surface area contributed by atoms with E-state index in [2.05, 4.69) is 0 Å². The van der Waals surface area contributed by atoms with Crippen LogP contribution < -0.4 is 11.5 Å². The van der Waals surface area contributed by atoms with Gasteiger partial charge in [-0.15, -0.1) is 0 Å². The molecule has 0 amide bonds. The molecule has 4 N–H and O–H groups in total. The minimum Gasteiger partial charge on any atom is -0.454 e. The molecule has 1 aliphatic heterocycles. The summed E-state index contributed by atoms with van der Waals surface area (Å²) in [6, 6.07) is 0. The fraction of sp³-hybridized carbons (Fsp3) is 0.778. The summed E-state index contributed by atoms with van der Waals surface area (Å²) in [5, 5.41) is 0. The third-order valence-corrected chi connectivity index (χ3v) is 1.89. The second kappa shape index (κ2) is 3.55. The molecule has 4 heteroatoms. The maximum absolute atomic E-state index is 5.53. The van der Waals surface area contributed by atoms with E-state index in [1.165, 1.54) is 0 Å². The molecule has 1 heterocycles. The number of rotatable bonds is 2. The average Bonchev–Trinajstić information content (AvgIpc) is 2.45. The zero-order valence-electron chi connectivity index (χ0n) is 8.46. The van der Waals surface area contributed by atoms with Gasteiger partial charge in [0.1, 0.15) is 0 Å². The van der Waals surface area contributed by atoms with Crippen molar-refractivity contribution >= 4 is 0 Å². The van der Waals surface area contributed by atoms with Crippen molar-refractivity contribution in [2.45, 2.75) is 27.1 Å². The zero-order chi connectivity index (χ0) is 10.1. The Labute approximate surface area is 78.9 Å². The van der Waals surface area contributed by atoms with E-state index in [0.717, 1.165) is 0 Å². The van der Waals surface area contributed by atoms with Crippen molar-refractivity contribution in [2.75, 3.05) is 13.1 Å². The Hall–Kier alpha value is -0.740. The summed E-state index contributed by atoms with van der Waals surface area (Å²) in [6.45, 7) is 6.83. The molecular weight excluding hydrogens is 168 g/mol. The van der Waals surface area contributed by atoms with E-state index >= 15 is 0 Å². The second-order valence-electron chi connectivity index (χ2n) is 4.19. The quantitative estimate of drug-likeness (QED) is 0.660. The van der Waals surface area contributed by atoms with Crippen molar-refractivity contribution in [3.8, 4) is 0 Å². The third kappa shape index (κ3) is 2.14. The lowest BCUT2D eigenvalue weighted by atomic mass is 9.96. The van der Waals surface area contributed by atoms with Crippen molar-refractivity contribution in [1.29, 1.82) is 0 Å². The highest BCUT2D eigenvalue weighted by atomic mass is 16.7. The van der Waals surface area contributed by atoms with Gasteiger partial charge >= 0.3 is 0 Å². The SMILES string of the molecule is CC(C)(C)C1OC(CN)=C(CN)O1. The Morgan fingerprint density at radius 2 is 1.46 bits per heavy atom. The first-order chi connectivity index (χ1) is 5.99. The molecule has 0 spiro atoms. The van der Waals surface area contributed by atoms with Crippen molar-refractivity contribution in [3.05, 3.63) is 11.5 Å². The topological polar surface area (TPSA) is 70.5 Å². The predicted molar refractivity (Wildman–Crippen MR) is 50.5 cm³/mol. The molecule has 1 rings (SSSR count). The average molecular weight is 186 g/mol. The first-order valence-corrected chi connectivity index (χ1v) is 4.44. The van der Waals surface area contributed by atoms with Gasteiger partial charge in [-0.3, -0.25) is 0 Å². The lowest BCUT2D eigenvalue weighted by Gasteiger charge is -2.25. The Balaban J connectivity index is 2.67. The minimum absolute atomic E-state index is 0.0582. The fourth-order valence-electron chi connectivity index (χ4n) is 1.09. The van der Waals surface area contributed by atoms with Gasteiger partial charge in [0, 0.05) is 5.41 Å². The second-order valence-corrected chi connectivity index (χ2v) is 4.19. The molecule has 13 heavy (non-hydrogen) atoms. The summed E-state index contributed by atoms with van der Waals surface area (Å²) in [7, 11) is 0. The van der Waals surface area contributed by atoms with E-state index < -0.39 is 0 Å². The molecule has 0 aromatic rings. The Kier molecular flexibility index (Phi) is 2.83. The van der Waals surface area contributed by atoms with Crippen molar-refractivity contribution in [2.24, 2.45) is 16.9 Å². The Bertz CT molecular complexity index is 202. The maximum Gasteiger partial charge on any atom is 0.245 e. The van der Waals surface area contributed by atoms with E-state index in [0.29, 0.717) is 24.6 Å². The van der Waals surface area contributed by atoms with Crippen molar-refractivity contribution in [3.63, 3.8) is 0 Å². The van der Waals surface area contributed by atoms with Gasteiger partial charge in [-0.1, -0.05) is 20.8 Å². The van der Waals surface area contributed by atoms with Crippen LogP contribution in [0.5, 0.6) is 0 Å². The molecule has 0 radical (unpaired) electrons. The van der Waals surface area contributed by atoms with Crippen LogP contribution in [-0.2, 0) is 9.47 Å². The molecule has 0 atom stereocenters. The Morgan fingerprint density at radius 1 is 1.08 bits per heavy atom. The highest BCUT2D eigenvalue weighted by Crippen LogP contribution is 2.32. The molecule has 0 unspecified atom stereocenters. The summed E-state index contributed by atoms with van der Waals surface area (Å²) in [5.74, 6) is 1.37. The van der Waals surface area contributed by atoms with Crippen LogP contribution in [0.2, 0.25) is 0 Å². The molecule has 0 saturated carbocycles. The lowest BCUT2D eigenvalue weighted by Crippen LogP contribution is -2.28. The van der Waals surface area contributed by atoms with Crippen molar-refractivity contribution < 1.29 is 9.47 Å². The van der Waals surface area contributed by atoms with Gasteiger partial charge in [0.15, 0.2) is 11.5 Å². The maximum atomic E-state index is 5.53. The molecule has 0 fully saturated rings. The van der Waals surface area contributed by atoms with Crippen LogP contribution in [0.1, 0.15) is 20.8 Å². The van der Waals surface area contributed by atoms with Crippen LogP contribution in [0.25, 0.3) is 0 Å². The van der Waals surface area contributed by atoms with E-state index in [-0.39, 0.29) is 11.7 Å². The largest absolute Gasteiger partial charge is 0.454 e. The Morgan fingerprint density at radius 3 is 1.69 bits per heavy atom. The van der Waals surface area contributed by atoms with Crippen LogP contribution in [0.4, 0.5) is 0 Å². The third-order valence-electron chi connectivity index (χ3n) is 1.89. The number of hydrogen-bond acceptors (Lipinski definition) is 4. The molecule has 0 aromatic heterocycles. The predicted octanol–water partition coefficient (Wildman–Crippen LogP) is 0.534. The van der Waals surface area contributed by atoms with Crippen LogP contribution in [0, 0.1) is 5.41 Å². The van der Waals surface area contributed by atoms with Gasteiger partial charge in [-0.2, -0.15) is 0 Å². The van der Waals surface area contributed by atoms with Crippen LogP contribution in [0.3, 0.4) is 0 Å². The van der Waals surface area contributed by atoms with Gasteiger partial charge in [-0.25, -0.2) is 0 Å². The van der Waals surface area contributed by atoms with Crippen LogP contribution >= 0.6 is 0 Å². The molecule has 0 saturated heterocycles. The fourth-order valence-corrected chi connectivity index (χ4v) is 1.09. The van der Waals surface area contributed by atoms with E-state index in [9.17, 15) is 0 Å². The molecule has 0 aromatic carbocycles. The van der Waals surface area contributed by atoms with Gasteiger partial charge in [0.2, 0.25) is 6.29 Å². The van der Waals surface area contributed by atoms with Gasteiger partial charge in [-0.05, 0) is 0 Å². The van der Waals surface area contributed by atoms with Gasteiger partial charge in [0.25, 0.3) is 0 Å². The molecule has 0 aliphatic carbocycles. The molecule has 4 nitrogen and oxygen atoms in total. The highest BCUT2D eigenvalue weighted by molar-refractivity contribution is 5.09. The van der Waals surface area contributed by atoms with Crippen molar-refractivity contribution in [1.82, 2.24) is 0 Å². The summed E-state index contributed by atoms with van der Waals surface area (Å²) in [6.07, 6.45) is -0.260. The number of nitrogens with two attached hydrogens (primary N) is 2. The summed E-state index contributed by atoms with van der Waals surface area (Å²) >= 11 is 0. The molecule has 1 aliphatic rings. The van der Waals surface area contributed by atoms with Gasteiger partial charge < -0.3 is 20.9 Å². The summed E-state index contributed by atoms with van der Waals surface area (Å²) in [5.41, 5.74) is 10.9. The van der Waals surface area contributed by atoms with Crippen LogP contribution in [0.15, 0.2) is 11.5 Å². The van der Waals surface area contributed by atoms with Crippen LogP contribution in [-0.4, -0.2) is 19.4 Å². The zero-order valence-corrected chi connectivity index (χ0v) is 8.46. The smallest absolute Gasteiger partial charge is 0.245 e. The normalized spacial score (nSPS) is 18.8. The number of hydrogen-bond donors (Lipinski definition) is 2. The lowest BCUT2D eigenvalue weighted by molar-refractivity contribution is -0.110. The van der Waals surface area contributed by atoms with E-state index in [4.69, 9.17) is 20.9 Å². The number of ether oxygens (including phenoxy) is 2.